The monoisotopic (exact) mass is 367 g/mol. The maximum absolute atomic E-state index is 12.8. The van der Waals surface area contributed by atoms with Crippen LogP contribution in [-0.2, 0) is 0 Å². The first-order chi connectivity index (χ1) is 12.6. The number of thiophene rings is 1. The summed E-state index contributed by atoms with van der Waals surface area (Å²) in [5, 5.41) is 1.11. The highest BCUT2D eigenvalue weighted by Crippen LogP contribution is 2.40. The number of carbonyl (C=O) groups is 1. The highest BCUT2D eigenvalue weighted by molar-refractivity contribution is 7.20. The van der Waals surface area contributed by atoms with E-state index in [0.29, 0.717) is 0 Å². The molecule has 6 nitrogen and oxygen atoms in total. The lowest BCUT2D eigenvalue weighted by molar-refractivity contribution is 0.0831. The number of fused-ring (bicyclic) bond motifs is 1. The molecule has 3 aromatic rings. The van der Waals surface area contributed by atoms with Crippen molar-refractivity contribution >= 4 is 33.3 Å². The molecular formula is C19H21N5OS. The Kier molecular flexibility index (Phi) is 4.55. The van der Waals surface area contributed by atoms with Gasteiger partial charge >= 0.3 is 0 Å². The second kappa shape index (κ2) is 6.99. The largest absolute Gasteiger partial charge is 0.356 e. The number of aromatic nitrogens is 3. The highest BCUT2D eigenvalue weighted by atomic mass is 32.1. The summed E-state index contributed by atoms with van der Waals surface area (Å²) in [6, 6.07) is 5.99. The van der Waals surface area contributed by atoms with Crippen molar-refractivity contribution < 1.29 is 4.79 Å². The van der Waals surface area contributed by atoms with Crippen LogP contribution in [0, 0.1) is 0 Å². The lowest BCUT2D eigenvalue weighted by Gasteiger charge is -2.34. The van der Waals surface area contributed by atoms with Crippen molar-refractivity contribution in [3.8, 4) is 0 Å². The minimum atomic E-state index is 0.0576. The van der Waals surface area contributed by atoms with E-state index in [1.165, 1.54) is 11.3 Å². The van der Waals surface area contributed by atoms with Crippen LogP contribution in [0.5, 0.6) is 0 Å². The third-order valence-electron chi connectivity index (χ3n) is 4.83. The first kappa shape index (κ1) is 16.9. The van der Waals surface area contributed by atoms with Gasteiger partial charge in [-0.3, -0.25) is 4.79 Å². The summed E-state index contributed by atoms with van der Waals surface area (Å²) in [4.78, 5) is 31.4. The molecule has 1 fully saturated rings. The molecule has 0 bridgehead atoms. The predicted octanol–water partition coefficient (Wildman–Crippen LogP) is 3.17. The van der Waals surface area contributed by atoms with Gasteiger partial charge in [0.15, 0.2) is 0 Å². The van der Waals surface area contributed by atoms with Crippen molar-refractivity contribution in [1.82, 2.24) is 19.9 Å². The molecule has 1 aliphatic rings. The van der Waals surface area contributed by atoms with E-state index in [0.717, 1.165) is 52.4 Å². The van der Waals surface area contributed by atoms with Gasteiger partial charge in [0, 0.05) is 50.9 Å². The van der Waals surface area contributed by atoms with Gasteiger partial charge < -0.3 is 9.80 Å². The Bertz CT molecular complexity index is 924. The fourth-order valence-electron chi connectivity index (χ4n) is 3.61. The van der Waals surface area contributed by atoms with Gasteiger partial charge in [-0.25, -0.2) is 15.0 Å². The first-order valence-electron chi connectivity index (χ1n) is 8.75. The number of piperidine rings is 1. The second-order valence-electron chi connectivity index (χ2n) is 6.75. The van der Waals surface area contributed by atoms with Crippen molar-refractivity contribution in [3.05, 3.63) is 47.4 Å². The fraction of sp³-hybridized carbons (Fsp3) is 0.368. The number of pyridine rings is 1. The Morgan fingerprint density at radius 3 is 2.92 bits per heavy atom. The smallest absolute Gasteiger partial charge is 0.263 e. The lowest BCUT2D eigenvalue weighted by Crippen LogP contribution is -2.35. The molecule has 0 spiro atoms. The van der Waals surface area contributed by atoms with Gasteiger partial charge in [-0.1, -0.05) is 6.07 Å². The van der Waals surface area contributed by atoms with Crippen molar-refractivity contribution in [3.63, 3.8) is 0 Å². The van der Waals surface area contributed by atoms with E-state index in [1.807, 2.05) is 12.1 Å². The number of hydrogen-bond acceptors (Lipinski definition) is 6. The van der Waals surface area contributed by atoms with Crippen molar-refractivity contribution in [2.75, 3.05) is 32.1 Å². The van der Waals surface area contributed by atoms with Gasteiger partial charge in [0.2, 0.25) is 0 Å². The van der Waals surface area contributed by atoms with E-state index in [9.17, 15) is 4.79 Å². The van der Waals surface area contributed by atoms with E-state index < -0.39 is 0 Å². The molecule has 0 aliphatic carbocycles. The molecule has 0 unspecified atom stereocenters. The average Bonchev–Trinajstić information content (AvgIpc) is 3.07. The Labute approximate surface area is 156 Å². The average molecular weight is 367 g/mol. The minimum absolute atomic E-state index is 0.0576. The molecule has 4 heterocycles. The van der Waals surface area contributed by atoms with Crippen LogP contribution >= 0.6 is 11.3 Å². The van der Waals surface area contributed by atoms with Crippen LogP contribution in [0.4, 0.5) is 5.82 Å². The molecule has 3 aromatic heterocycles. The highest BCUT2D eigenvalue weighted by Gasteiger charge is 2.30. The van der Waals surface area contributed by atoms with Crippen LogP contribution in [0.2, 0.25) is 0 Å². The Hall–Kier alpha value is -2.54. The number of carbonyl (C=O) groups excluding carboxylic acids is 1. The molecule has 4 rings (SSSR count). The summed E-state index contributed by atoms with van der Waals surface area (Å²) < 4.78 is 0. The van der Waals surface area contributed by atoms with Crippen LogP contribution in [-0.4, -0.2) is 52.9 Å². The number of nitrogens with zero attached hydrogens (tertiary/aromatic N) is 5. The quantitative estimate of drug-likeness (QED) is 0.711. The molecular weight excluding hydrogens is 346 g/mol. The van der Waals surface area contributed by atoms with E-state index in [1.54, 1.807) is 37.7 Å². The molecule has 134 valence electrons. The van der Waals surface area contributed by atoms with Gasteiger partial charge in [0.25, 0.3) is 5.91 Å². The van der Waals surface area contributed by atoms with Gasteiger partial charge in [-0.15, -0.1) is 11.3 Å². The molecule has 0 N–H and O–H groups in total. The molecule has 7 heteroatoms. The molecule has 1 aliphatic heterocycles. The summed E-state index contributed by atoms with van der Waals surface area (Å²) in [5.41, 5.74) is 1.15. The van der Waals surface area contributed by atoms with E-state index >= 15 is 0 Å². The molecule has 1 amide bonds. The summed E-state index contributed by atoms with van der Waals surface area (Å²) in [7, 11) is 3.61. The zero-order chi connectivity index (χ0) is 18.1. The van der Waals surface area contributed by atoms with Gasteiger partial charge in [0.1, 0.15) is 17.0 Å². The first-order valence-corrected chi connectivity index (χ1v) is 9.57. The normalized spacial score (nSPS) is 17.5. The second-order valence-corrected chi connectivity index (χ2v) is 7.75. The van der Waals surface area contributed by atoms with Gasteiger partial charge in [-0.05, 0) is 30.5 Å². The molecule has 0 aromatic carbocycles. The third-order valence-corrected chi connectivity index (χ3v) is 5.94. The van der Waals surface area contributed by atoms with Gasteiger partial charge in [-0.2, -0.15) is 0 Å². The standard InChI is InChI=1S/C19H21N5OS/c1-23(2)19(25)17-16(14-6-3-8-21-18(14)26-17)13-5-4-10-24(11-13)15-7-9-20-12-22-15/h3,6-9,12-13H,4-5,10-11H2,1-2H3/t13-/m1/s1. The predicted molar refractivity (Wildman–Crippen MR) is 104 cm³/mol. The van der Waals surface area contributed by atoms with Crippen LogP contribution in [0.25, 0.3) is 10.2 Å². The van der Waals surface area contributed by atoms with E-state index in [4.69, 9.17) is 0 Å². The molecule has 0 saturated carbocycles. The Morgan fingerprint density at radius 1 is 1.27 bits per heavy atom. The maximum atomic E-state index is 12.8. The Balaban J connectivity index is 1.75. The summed E-state index contributed by atoms with van der Waals surface area (Å²) in [6.07, 6.45) is 7.29. The zero-order valence-corrected chi connectivity index (χ0v) is 15.7. The van der Waals surface area contributed by atoms with E-state index in [-0.39, 0.29) is 11.8 Å². The summed E-state index contributed by atoms with van der Waals surface area (Å²) in [6.45, 7) is 1.83. The van der Waals surface area contributed by atoms with Crippen molar-refractivity contribution in [2.24, 2.45) is 0 Å². The molecule has 1 atom stereocenters. The number of amides is 1. The van der Waals surface area contributed by atoms with Crippen molar-refractivity contribution in [2.45, 2.75) is 18.8 Å². The zero-order valence-electron chi connectivity index (χ0n) is 14.9. The maximum Gasteiger partial charge on any atom is 0.263 e. The third kappa shape index (κ3) is 3.03. The molecule has 1 saturated heterocycles. The fourth-order valence-corrected chi connectivity index (χ4v) is 4.86. The topological polar surface area (TPSA) is 62.2 Å². The number of anilines is 1. The van der Waals surface area contributed by atoms with Crippen LogP contribution in [0.15, 0.2) is 36.9 Å². The number of rotatable bonds is 3. The van der Waals surface area contributed by atoms with Crippen LogP contribution in [0.1, 0.15) is 34.0 Å². The summed E-state index contributed by atoms with van der Waals surface area (Å²) in [5.74, 6) is 1.29. The minimum Gasteiger partial charge on any atom is -0.356 e. The lowest BCUT2D eigenvalue weighted by atomic mass is 9.88. The SMILES string of the molecule is CN(C)C(=O)c1sc2ncccc2c1[C@@H]1CCCN(c2ccncn2)C1. The summed E-state index contributed by atoms with van der Waals surface area (Å²) >= 11 is 1.50. The number of hydrogen-bond donors (Lipinski definition) is 0. The van der Waals surface area contributed by atoms with Crippen LogP contribution in [0.3, 0.4) is 0 Å². The van der Waals surface area contributed by atoms with E-state index in [2.05, 4.69) is 25.9 Å². The molecule has 26 heavy (non-hydrogen) atoms. The van der Waals surface area contributed by atoms with Crippen molar-refractivity contribution in [1.29, 1.82) is 0 Å². The molecule has 0 radical (unpaired) electrons. The van der Waals surface area contributed by atoms with Gasteiger partial charge in [0.05, 0.1) is 4.88 Å². The van der Waals surface area contributed by atoms with Crippen LogP contribution < -0.4 is 4.90 Å². The Morgan fingerprint density at radius 2 is 2.15 bits per heavy atom.